The Hall–Kier alpha value is -1.36. The lowest BCUT2D eigenvalue weighted by Gasteiger charge is -2.34. The second-order valence-electron chi connectivity index (χ2n) is 5.77. The Balaban J connectivity index is 1.93. The molecule has 1 aromatic heterocycles. The summed E-state index contributed by atoms with van der Waals surface area (Å²) in [5, 5.41) is 5.37. The summed E-state index contributed by atoms with van der Waals surface area (Å²) < 4.78 is 1.78. The minimum atomic E-state index is 0.0168. The topological polar surface area (TPSA) is 38.1 Å². The van der Waals surface area contributed by atoms with Crippen LogP contribution in [0.2, 0.25) is 0 Å². The number of carbonyl (C=O) groups is 1. The average Bonchev–Trinajstić information content (AvgIpc) is 2.84. The van der Waals surface area contributed by atoms with Gasteiger partial charge in [0.05, 0.1) is 5.52 Å². The first-order valence-electron chi connectivity index (χ1n) is 7.42. The summed E-state index contributed by atoms with van der Waals surface area (Å²) in [7, 11) is 3.78. The fourth-order valence-electron chi connectivity index (χ4n) is 3.19. The maximum atomic E-state index is 12.8. The first kappa shape index (κ1) is 14.6. The Kier molecular flexibility index (Phi) is 4.02. The lowest BCUT2D eigenvalue weighted by molar-refractivity contribution is 0.0700. The summed E-state index contributed by atoms with van der Waals surface area (Å²) in [6.07, 6.45) is 4.61. The number of alkyl halides is 1. The minimum absolute atomic E-state index is 0.0168. The van der Waals surface area contributed by atoms with Gasteiger partial charge in [-0.05, 0) is 18.9 Å². The number of aromatic nitrogens is 2. The fourth-order valence-corrected chi connectivity index (χ4v) is 4.13. The Bertz CT molecular complexity index is 667. The number of hydrogen-bond donors (Lipinski definition) is 0. The van der Waals surface area contributed by atoms with E-state index in [2.05, 4.69) is 21.0 Å². The number of para-hydroxylation sites is 1. The molecule has 0 radical (unpaired) electrons. The number of amides is 1. The van der Waals surface area contributed by atoms with Crippen LogP contribution in [-0.4, -0.2) is 38.5 Å². The van der Waals surface area contributed by atoms with Crippen molar-refractivity contribution in [2.24, 2.45) is 7.05 Å². The third-order valence-electron chi connectivity index (χ3n) is 4.43. The largest absolute Gasteiger partial charge is 0.336 e. The number of aryl methyl sites for hydroxylation is 1. The molecule has 0 bridgehead atoms. The third kappa shape index (κ3) is 2.59. The molecule has 21 heavy (non-hydrogen) atoms. The van der Waals surface area contributed by atoms with Crippen LogP contribution in [0.4, 0.5) is 0 Å². The molecule has 0 saturated heterocycles. The van der Waals surface area contributed by atoms with Crippen LogP contribution in [0.25, 0.3) is 10.9 Å². The van der Waals surface area contributed by atoms with Gasteiger partial charge in [-0.1, -0.05) is 47.0 Å². The highest BCUT2D eigenvalue weighted by atomic mass is 79.9. The van der Waals surface area contributed by atoms with E-state index in [1.807, 2.05) is 43.3 Å². The maximum absolute atomic E-state index is 12.8. The zero-order chi connectivity index (χ0) is 15.0. The van der Waals surface area contributed by atoms with Crippen LogP contribution in [0.3, 0.4) is 0 Å². The molecule has 0 spiro atoms. The quantitative estimate of drug-likeness (QED) is 0.779. The van der Waals surface area contributed by atoms with Crippen molar-refractivity contribution >= 4 is 32.7 Å². The molecule has 1 amide bonds. The van der Waals surface area contributed by atoms with E-state index in [4.69, 9.17) is 0 Å². The predicted octanol–water partition coefficient (Wildman–Crippen LogP) is 3.35. The van der Waals surface area contributed by atoms with Gasteiger partial charge in [0.15, 0.2) is 5.69 Å². The maximum Gasteiger partial charge on any atom is 0.275 e. The summed E-state index contributed by atoms with van der Waals surface area (Å²) in [4.78, 5) is 15.1. The van der Waals surface area contributed by atoms with Crippen LogP contribution in [0.15, 0.2) is 24.3 Å². The normalized spacial score (nSPS) is 22.4. The molecule has 1 aromatic carbocycles. The van der Waals surface area contributed by atoms with Crippen molar-refractivity contribution in [1.29, 1.82) is 0 Å². The second-order valence-corrected chi connectivity index (χ2v) is 6.95. The molecule has 2 aromatic rings. The molecule has 112 valence electrons. The smallest absolute Gasteiger partial charge is 0.275 e. The van der Waals surface area contributed by atoms with Gasteiger partial charge in [-0.25, -0.2) is 0 Å². The molecule has 5 heteroatoms. The summed E-state index contributed by atoms with van der Waals surface area (Å²) in [6, 6.07) is 8.14. The van der Waals surface area contributed by atoms with Crippen LogP contribution >= 0.6 is 15.9 Å². The molecule has 1 fully saturated rings. The highest BCUT2D eigenvalue weighted by Gasteiger charge is 2.31. The molecule has 2 atom stereocenters. The Morgan fingerprint density at radius 3 is 2.81 bits per heavy atom. The SMILES string of the molecule is CN(C(=O)c1nn(C)c2ccccc12)C1CCCCC1Br. The van der Waals surface area contributed by atoms with Gasteiger partial charge in [-0.3, -0.25) is 9.48 Å². The van der Waals surface area contributed by atoms with Crippen molar-refractivity contribution in [3.8, 4) is 0 Å². The van der Waals surface area contributed by atoms with Gasteiger partial charge in [0.1, 0.15) is 0 Å². The summed E-state index contributed by atoms with van der Waals surface area (Å²) >= 11 is 3.73. The second kappa shape index (κ2) is 5.79. The predicted molar refractivity (Wildman–Crippen MR) is 87.8 cm³/mol. The summed E-state index contributed by atoms with van der Waals surface area (Å²) in [5.74, 6) is 0.0168. The van der Waals surface area contributed by atoms with Crippen molar-refractivity contribution in [1.82, 2.24) is 14.7 Å². The molecule has 1 aliphatic rings. The van der Waals surface area contributed by atoms with Gasteiger partial charge in [0, 0.05) is 30.4 Å². The van der Waals surface area contributed by atoms with Gasteiger partial charge in [-0.15, -0.1) is 0 Å². The van der Waals surface area contributed by atoms with Gasteiger partial charge < -0.3 is 4.90 Å². The molecule has 2 unspecified atom stereocenters. The van der Waals surface area contributed by atoms with Crippen LogP contribution in [0.5, 0.6) is 0 Å². The zero-order valence-electron chi connectivity index (χ0n) is 12.4. The lowest BCUT2D eigenvalue weighted by atomic mass is 9.94. The van der Waals surface area contributed by atoms with Crippen LogP contribution in [0.1, 0.15) is 36.2 Å². The van der Waals surface area contributed by atoms with E-state index >= 15 is 0 Å². The highest BCUT2D eigenvalue weighted by Crippen LogP contribution is 2.29. The first-order chi connectivity index (χ1) is 10.1. The fraction of sp³-hybridized carbons (Fsp3) is 0.500. The lowest BCUT2D eigenvalue weighted by Crippen LogP contribution is -2.44. The molecule has 1 saturated carbocycles. The van der Waals surface area contributed by atoms with Crippen molar-refractivity contribution in [3.05, 3.63) is 30.0 Å². The van der Waals surface area contributed by atoms with Gasteiger partial charge >= 0.3 is 0 Å². The van der Waals surface area contributed by atoms with Gasteiger partial charge in [0.2, 0.25) is 0 Å². The van der Waals surface area contributed by atoms with Gasteiger partial charge in [-0.2, -0.15) is 5.10 Å². The third-order valence-corrected chi connectivity index (χ3v) is 5.49. The van der Waals surface area contributed by atoms with Gasteiger partial charge in [0.25, 0.3) is 5.91 Å². The number of benzene rings is 1. The number of rotatable bonds is 2. The molecule has 3 rings (SSSR count). The molecular weight excluding hydrogens is 330 g/mol. The monoisotopic (exact) mass is 349 g/mol. The Labute approximate surface area is 133 Å². The molecule has 4 nitrogen and oxygen atoms in total. The number of nitrogens with zero attached hydrogens (tertiary/aromatic N) is 3. The van der Waals surface area contributed by atoms with E-state index in [1.54, 1.807) is 4.68 Å². The number of halogens is 1. The summed E-state index contributed by atoms with van der Waals surface area (Å²) in [5.41, 5.74) is 1.55. The van der Waals surface area contributed by atoms with Crippen LogP contribution in [-0.2, 0) is 7.05 Å². The zero-order valence-corrected chi connectivity index (χ0v) is 14.0. The Morgan fingerprint density at radius 2 is 2.05 bits per heavy atom. The highest BCUT2D eigenvalue weighted by molar-refractivity contribution is 9.09. The van der Waals surface area contributed by atoms with E-state index in [1.165, 1.54) is 12.8 Å². The van der Waals surface area contributed by atoms with E-state index < -0.39 is 0 Å². The van der Waals surface area contributed by atoms with E-state index in [0.717, 1.165) is 23.7 Å². The van der Waals surface area contributed by atoms with Crippen molar-refractivity contribution in [2.75, 3.05) is 7.05 Å². The average molecular weight is 350 g/mol. The van der Waals surface area contributed by atoms with Crippen molar-refractivity contribution < 1.29 is 4.79 Å². The number of hydrogen-bond acceptors (Lipinski definition) is 2. The number of carbonyl (C=O) groups excluding carboxylic acids is 1. The first-order valence-corrected chi connectivity index (χ1v) is 8.34. The van der Waals surface area contributed by atoms with Crippen molar-refractivity contribution in [3.63, 3.8) is 0 Å². The van der Waals surface area contributed by atoms with E-state index in [0.29, 0.717) is 10.5 Å². The van der Waals surface area contributed by atoms with E-state index in [9.17, 15) is 4.79 Å². The van der Waals surface area contributed by atoms with E-state index in [-0.39, 0.29) is 11.9 Å². The standard InChI is InChI=1S/C16H20BrN3O/c1-19(14-10-6-4-8-12(14)17)16(21)15-11-7-3-5-9-13(11)20(2)18-15/h3,5,7,9,12,14H,4,6,8,10H2,1-2H3. The molecule has 0 N–H and O–H groups in total. The van der Waals surface area contributed by atoms with Crippen LogP contribution < -0.4 is 0 Å². The molecule has 1 aliphatic carbocycles. The van der Waals surface area contributed by atoms with Crippen LogP contribution in [0, 0.1) is 0 Å². The number of fused-ring (bicyclic) bond motifs is 1. The molecule has 0 aliphatic heterocycles. The Morgan fingerprint density at radius 1 is 1.33 bits per heavy atom. The molecular formula is C16H20BrN3O. The minimum Gasteiger partial charge on any atom is -0.336 e. The van der Waals surface area contributed by atoms with Crippen molar-refractivity contribution in [2.45, 2.75) is 36.6 Å². The summed E-state index contributed by atoms with van der Waals surface area (Å²) in [6.45, 7) is 0. The molecule has 1 heterocycles.